The first-order valence-corrected chi connectivity index (χ1v) is 21.1. The van der Waals surface area contributed by atoms with Gasteiger partial charge in [-0.2, -0.15) is 0 Å². The second kappa shape index (κ2) is 15.9. The van der Waals surface area contributed by atoms with Gasteiger partial charge in [0, 0.05) is 0 Å². The molecule has 1 unspecified atom stereocenters. The minimum Gasteiger partial charge on any atom is -1.00 e. The molecule has 0 heterocycles. The van der Waals surface area contributed by atoms with Crippen LogP contribution in [0.1, 0.15) is 95.1 Å². The molecule has 2 aliphatic carbocycles. The largest absolute Gasteiger partial charge is 1.00 e. The van der Waals surface area contributed by atoms with Crippen molar-refractivity contribution in [3.63, 3.8) is 0 Å². The monoisotopic (exact) mass is 832 g/mol. The van der Waals surface area contributed by atoms with Crippen molar-refractivity contribution >= 4 is 3.21 Å². The van der Waals surface area contributed by atoms with E-state index in [2.05, 4.69) is 76.2 Å². The predicted molar refractivity (Wildman–Crippen MR) is 188 cm³/mol. The van der Waals surface area contributed by atoms with Crippen molar-refractivity contribution in [3.05, 3.63) is 150 Å². The van der Waals surface area contributed by atoms with Crippen molar-refractivity contribution in [1.82, 2.24) is 0 Å². The summed E-state index contributed by atoms with van der Waals surface area (Å²) in [5.41, 5.74) is 6.63. The maximum absolute atomic E-state index is 14.4. The number of halogens is 8. The van der Waals surface area contributed by atoms with Gasteiger partial charge in [-0.3, -0.25) is 0 Å². The molecule has 0 spiro atoms. The van der Waals surface area contributed by atoms with Crippen LogP contribution in [-0.2, 0) is 33.6 Å². The fraction of sp³-hybridized carbons (Fsp3) is 0.326. The summed E-state index contributed by atoms with van der Waals surface area (Å²) in [5.74, 6) is 0.0484. The third-order valence-electron chi connectivity index (χ3n) is 9.98. The van der Waals surface area contributed by atoms with E-state index in [1.165, 1.54) is 21.0 Å². The van der Waals surface area contributed by atoms with Crippen molar-refractivity contribution < 1.29 is 72.4 Å². The number of fused-ring (bicyclic) bond motifs is 3. The Kier molecular flexibility index (Phi) is 12.9. The Bertz CT molecular complexity index is 1930. The Morgan fingerprint density at radius 1 is 0.673 bits per heavy atom. The second-order valence-electron chi connectivity index (χ2n) is 14.8. The molecule has 0 nitrogen and oxygen atoms in total. The third-order valence-corrected chi connectivity index (χ3v) is 18.5. The molecule has 0 amide bonds. The average molecular weight is 835 g/mol. The van der Waals surface area contributed by atoms with Gasteiger partial charge in [-0.05, 0) is 0 Å². The van der Waals surface area contributed by atoms with Gasteiger partial charge in [0.1, 0.15) is 0 Å². The molecule has 0 bridgehead atoms. The van der Waals surface area contributed by atoms with E-state index in [-0.39, 0.29) is 39.8 Å². The molecule has 4 aromatic rings. The molecule has 0 aromatic heterocycles. The summed E-state index contributed by atoms with van der Waals surface area (Å²) in [6.07, 6.45) is -1.78. The van der Waals surface area contributed by atoms with Crippen molar-refractivity contribution in [1.29, 1.82) is 0 Å². The Morgan fingerprint density at radius 3 is 1.58 bits per heavy atom. The van der Waals surface area contributed by atoms with E-state index in [9.17, 15) is 26.3 Å². The normalized spacial score (nSPS) is 15.4. The summed E-state index contributed by atoms with van der Waals surface area (Å²) >= 11 is -3.71. The van der Waals surface area contributed by atoms with Crippen LogP contribution in [0.4, 0.5) is 26.3 Å². The molecule has 0 radical (unpaired) electrons. The van der Waals surface area contributed by atoms with Crippen molar-refractivity contribution in [3.8, 4) is 11.1 Å². The standard InChI is InChI=1S/C15H8F6.C15H13.C13H21.2ClH.Zr/c16-14(17,18)12-5-1-3-10(8-12)7-11-4-2-6-13(9-11)15(19,20)21;1-10-3-5-14-12(7-10)9-13-8-11(2)4-6-15(13)14;1-5-6-7-11-8-9-12(10-11)13(2,3)4;;;/h1-6,8-9H;3-9H,1-2H3;9-11H,5-7H2,1-4H3;2*1H;/q;;;;;+2/p-2. The van der Waals surface area contributed by atoms with Crippen LogP contribution < -0.4 is 24.8 Å². The van der Waals surface area contributed by atoms with Gasteiger partial charge in [0.15, 0.2) is 0 Å². The number of unbranched alkanes of at least 4 members (excludes halogenated alkanes) is 1. The van der Waals surface area contributed by atoms with Crippen LogP contribution in [0.5, 0.6) is 0 Å². The molecule has 0 N–H and O–H groups in total. The van der Waals surface area contributed by atoms with Crippen LogP contribution in [0.3, 0.4) is 0 Å². The minimum absolute atomic E-state index is 0. The Balaban J connectivity index is 0.00000302. The van der Waals surface area contributed by atoms with Crippen LogP contribution in [0.15, 0.2) is 106 Å². The summed E-state index contributed by atoms with van der Waals surface area (Å²) < 4.78 is 87.9. The summed E-state index contributed by atoms with van der Waals surface area (Å²) in [4.78, 5) is 0. The summed E-state index contributed by atoms with van der Waals surface area (Å²) in [7, 11) is 0. The predicted octanol–water partition coefficient (Wildman–Crippen LogP) is 6.98. The van der Waals surface area contributed by atoms with Crippen LogP contribution in [-0.4, -0.2) is 3.21 Å². The maximum Gasteiger partial charge on any atom is -1.00 e. The Hall–Kier alpha value is -2.73. The van der Waals surface area contributed by atoms with E-state index in [4.69, 9.17) is 0 Å². The van der Waals surface area contributed by atoms with Gasteiger partial charge in [0.25, 0.3) is 0 Å². The zero-order chi connectivity index (χ0) is 36.2. The number of hydrogen-bond acceptors (Lipinski definition) is 0. The third kappa shape index (κ3) is 8.48. The molecule has 6 rings (SSSR count). The number of alkyl halides is 6. The fourth-order valence-corrected chi connectivity index (χ4v) is 17.0. The molecule has 1 atom stereocenters. The zero-order valence-electron chi connectivity index (χ0n) is 30.0. The second-order valence-corrected chi connectivity index (χ2v) is 20.9. The SMILES string of the molecule is CCCCC1C=C(C(C)(C)C)C=[C]1[Zr+2](=[C](c1cccc(C(F)(F)F)c1)c1cccc(C(F)(F)F)c1)[CH]1c2cc(C)ccc2-c2ccc(C)cc21.[Cl-].[Cl-]. The van der Waals surface area contributed by atoms with Crippen LogP contribution in [0.25, 0.3) is 11.1 Å². The Morgan fingerprint density at radius 2 is 1.15 bits per heavy atom. The van der Waals surface area contributed by atoms with E-state index in [1.807, 2.05) is 13.8 Å². The summed E-state index contributed by atoms with van der Waals surface area (Å²) in [5, 5.41) is 0. The molecule has 9 heteroatoms. The fourth-order valence-electron chi connectivity index (χ4n) is 7.48. The first-order chi connectivity index (χ1) is 23.5. The molecule has 274 valence electrons. The van der Waals surface area contributed by atoms with E-state index in [1.54, 1.807) is 12.1 Å². The molecule has 4 aromatic carbocycles. The minimum atomic E-state index is -4.61. The van der Waals surface area contributed by atoms with Gasteiger partial charge in [-0.25, -0.2) is 0 Å². The topological polar surface area (TPSA) is 0 Å². The van der Waals surface area contributed by atoms with E-state index >= 15 is 0 Å². The average Bonchev–Trinajstić information content (AvgIpc) is 3.61. The van der Waals surface area contributed by atoms with Gasteiger partial charge in [-0.1, -0.05) is 0 Å². The molecular formula is C43H42Cl2F6Zr. The number of hydrogen-bond donors (Lipinski definition) is 0. The van der Waals surface area contributed by atoms with Crippen LogP contribution in [0.2, 0.25) is 0 Å². The number of aryl methyl sites for hydroxylation is 2. The van der Waals surface area contributed by atoms with Crippen molar-refractivity contribution in [2.75, 3.05) is 0 Å². The van der Waals surface area contributed by atoms with E-state index in [0.29, 0.717) is 14.3 Å². The van der Waals surface area contributed by atoms with Gasteiger partial charge in [0.2, 0.25) is 0 Å². The molecule has 0 saturated carbocycles. The number of rotatable bonds is 7. The van der Waals surface area contributed by atoms with Gasteiger partial charge in [-0.15, -0.1) is 0 Å². The number of allylic oxidation sites excluding steroid dienone is 4. The molecule has 2 aliphatic rings. The zero-order valence-corrected chi connectivity index (χ0v) is 34.0. The van der Waals surface area contributed by atoms with Crippen molar-refractivity contribution in [2.24, 2.45) is 11.3 Å². The Labute approximate surface area is 323 Å². The smallest absolute Gasteiger partial charge is 1.00 e. The van der Waals surface area contributed by atoms with Crippen molar-refractivity contribution in [2.45, 2.75) is 76.8 Å². The molecule has 0 saturated heterocycles. The maximum atomic E-state index is 14.4. The van der Waals surface area contributed by atoms with E-state index in [0.717, 1.165) is 76.9 Å². The quantitative estimate of drug-likeness (QED) is 0.177. The molecule has 0 fully saturated rings. The first-order valence-electron chi connectivity index (χ1n) is 17.2. The van der Waals surface area contributed by atoms with E-state index < -0.39 is 44.7 Å². The van der Waals surface area contributed by atoms with Crippen LogP contribution >= 0.6 is 0 Å². The summed E-state index contributed by atoms with van der Waals surface area (Å²) in [6, 6.07) is 23.3. The molecule has 52 heavy (non-hydrogen) atoms. The first kappa shape index (κ1) is 42.0. The number of benzene rings is 4. The van der Waals surface area contributed by atoms with Gasteiger partial charge >= 0.3 is 301 Å². The van der Waals surface area contributed by atoms with Gasteiger partial charge in [0.05, 0.1) is 0 Å². The molecular weight excluding hydrogens is 793 g/mol. The molecule has 0 aliphatic heterocycles. The van der Waals surface area contributed by atoms with Crippen LogP contribution in [0, 0.1) is 25.2 Å². The summed E-state index contributed by atoms with van der Waals surface area (Å²) in [6.45, 7) is 12.7. The van der Waals surface area contributed by atoms with Gasteiger partial charge < -0.3 is 24.8 Å².